The lowest BCUT2D eigenvalue weighted by Gasteiger charge is -2.20. The Kier molecular flexibility index (Phi) is 3.27. The van der Waals surface area contributed by atoms with Crippen molar-refractivity contribution in [2.45, 2.75) is 25.9 Å². The number of Topliss-reactive ketones (excluding diaryl/α,β-unsaturated/α-hetero) is 1. The average molecular weight is 252 g/mol. The monoisotopic (exact) mass is 252 g/mol. The molecule has 0 heterocycles. The van der Waals surface area contributed by atoms with Gasteiger partial charge in [-0.05, 0) is 25.5 Å². The third-order valence-electron chi connectivity index (χ3n) is 2.32. The topological polar surface area (TPSA) is 17.1 Å². The van der Waals surface area contributed by atoms with Crippen LogP contribution in [0.4, 0.5) is 22.0 Å². The van der Waals surface area contributed by atoms with E-state index in [0.717, 1.165) is 6.07 Å². The van der Waals surface area contributed by atoms with Crippen LogP contribution in [0.2, 0.25) is 0 Å². The maximum Gasteiger partial charge on any atom is 0.458 e. The molecule has 0 bridgehead atoms. The van der Waals surface area contributed by atoms with Gasteiger partial charge in [-0.3, -0.25) is 4.79 Å². The molecule has 0 saturated carbocycles. The summed E-state index contributed by atoms with van der Waals surface area (Å²) in [7, 11) is 0. The number of hydrogen-bond acceptors (Lipinski definition) is 1. The summed E-state index contributed by atoms with van der Waals surface area (Å²) in [6.07, 6.45) is -5.64. The Bertz CT molecular complexity index is 448. The van der Waals surface area contributed by atoms with Gasteiger partial charge in [-0.1, -0.05) is 12.1 Å². The highest BCUT2D eigenvalue weighted by Gasteiger charge is 2.58. The molecule has 1 aromatic carbocycles. The van der Waals surface area contributed by atoms with E-state index in [4.69, 9.17) is 0 Å². The first kappa shape index (κ1) is 13.6. The van der Waals surface area contributed by atoms with Crippen molar-refractivity contribution in [1.29, 1.82) is 0 Å². The summed E-state index contributed by atoms with van der Waals surface area (Å²) in [6.45, 7) is 2.52. The van der Waals surface area contributed by atoms with Crippen LogP contribution in [0.1, 0.15) is 28.4 Å². The van der Waals surface area contributed by atoms with Gasteiger partial charge in [-0.15, -0.1) is 0 Å². The zero-order chi connectivity index (χ0) is 13.4. The van der Waals surface area contributed by atoms with E-state index in [2.05, 4.69) is 0 Å². The molecule has 0 aliphatic rings. The molecule has 0 aromatic heterocycles. The normalized spacial score (nSPS) is 12.6. The van der Waals surface area contributed by atoms with Crippen LogP contribution in [-0.4, -0.2) is 12.0 Å². The summed E-state index contributed by atoms with van der Waals surface area (Å²) in [5.74, 6) is -5.29. The average Bonchev–Trinajstić information content (AvgIpc) is 2.14. The number of benzene rings is 1. The molecule has 1 aromatic rings. The van der Waals surface area contributed by atoms with Crippen molar-refractivity contribution in [3.8, 4) is 0 Å². The van der Waals surface area contributed by atoms with Gasteiger partial charge in [0.15, 0.2) is 5.78 Å². The van der Waals surface area contributed by atoms with Crippen molar-refractivity contribution >= 4 is 5.78 Å². The molecule has 0 saturated heterocycles. The lowest BCUT2D eigenvalue weighted by atomic mass is 9.99. The number of hydrogen-bond donors (Lipinski definition) is 0. The van der Waals surface area contributed by atoms with Gasteiger partial charge in [0.05, 0.1) is 0 Å². The summed E-state index contributed by atoms with van der Waals surface area (Å²) in [5.41, 5.74) is -0.932. The Balaban J connectivity index is 3.28. The smallest absolute Gasteiger partial charge is 0.295 e. The van der Waals surface area contributed by atoms with Crippen molar-refractivity contribution < 1.29 is 26.7 Å². The van der Waals surface area contributed by atoms with E-state index in [-0.39, 0.29) is 16.9 Å². The molecule has 0 atom stereocenters. The number of ketones is 1. The minimum Gasteiger partial charge on any atom is -0.295 e. The van der Waals surface area contributed by atoms with Gasteiger partial charge in [-0.25, -0.2) is 0 Å². The van der Waals surface area contributed by atoms with Crippen LogP contribution in [0.15, 0.2) is 18.2 Å². The quantitative estimate of drug-likeness (QED) is 0.577. The minimum absolute atomic E-state index is 0.0962. The predicted molar refractivity (Wildman–Crippen MR) is 51.1 cm³/mol. The molecule has 0 N–H and O–H groups in total. The standard InChI is InChI=1S/C11H9F5O/c1-6-5-8(3-4-9(6)7(2)17)10(12,13)11(14,15)16/h3-5H,1-2H3. The summed E-state index contributed by atoms with van der Waals surface area (Å²) < 4.78 is 62.2. The molecule has 0 radical (unpaired) electrons. The zero-order valence-corrected chi connectivity index (χ0v) is 9.03. The molecule has 0 fully saturated rings. The van der Waals surface area contributed by atoms with Crippen LogP contribution in [0.3, 0.4) is 0 Å². The maximum absolute atomic E-state index is 13.0. The van der Waals surface area contributed by atoms with Gasteiger partial charge in [0.2, 0.25) is 0 Å². The van der Waals surface area contributed by atoms with E-state index in [1.807, 2.05) is 0 Å². The van der Waals surface area contributed by atoms with E-state index >= 15 is 0 Å². The highest BCUT2D eigenvalue weighted by molar-refractivity contribution is 5.95. The van der Waals surface area contributed by atoms with Crippen LogP contribution in [0.5, 0.6) is 0 Å². The Morgan fingerprint density at radius 2 is 1.65 bits per heavy atom. The maximum atomic E-state index is 13.0. The molecular formula is C11H9F5O. The van der Waals surface area contributed by atoms with Crippen LogP contribution in [-0.2, 0) is 5.92 Å². The zero-order valence-electron chi connectivity index (χ0n) is 9.03. The lowest BCUT2D eigenvalue weighted by molar-refractivity contribution is -0.289. The first-order valence-corrected chi connectivity index (χ1v) is 4.64. The Labute approximate surface area is 94.2 Å². The molecule has 1 nitrogen and oxygen atoms in total. The Morgan fingerprint density at radius 3 is 2.00 bits per heavy atom. The summed E-state index contributed by atoms with van der Waals surface area (Å²) in [5, 5.41) is 0. The second kappa shape index (κ2) is 4.09. The number of carbonyl (C=O) groups is 1. The summed E-state index contributed by atoms with van der Waals surface area (Å²) >= 11 is 0. The van der Waals surface area contributed by atoms with Crippen molar-refractivity contribution in [2.24, 2.45) is 0 Å². The third kappa shape index (κ3) is 2.45. The molecule has 1 rings (SSSR count). The molecule has 0 unspecified atom stereocenters. The fourth-order valence-corrected chi connectivity index (χ4v) is 1.42. The van der Waals surface area contributed by atoms with Gasteiger partial charge in [0.25, 0.3) is 0 Å². The van der Waals surface area contributed by atoms with E-state index in [1.165, 1.54) is 13.8 Å². The number of halogens is 5. The van der Waals surface area contributed by atoms with E-state index < -0.39 is 17.7 Å². The van der Waals surface area contributed by atoms with Gasteiger partial charge in [-0.2, -0.15) is 22.0 Å². The molecular weight excluding hydrogens is 243 g/mol. The van der Waals surface area contributed by atoms with Crippen molar-refractivity contribution in [3.63, 3.8) is 0 Å². The van der Waals surface area contributed by atoms with E-state index in [1.54, 1.807) is 0 Å². The first-order chi connectivity index (χ1) is 7.57. The summed E-state index contributed by atoms with van der Waals surface area (Å²) in [6, 6.07) is 2.29. The molecule has 0 aliphatic carbocycles. The van der Waals surface area contributed by atoms with Gasteiger partial charge < -0.3 is 0 Å². The molecule has 0 spiro atoms. The predicted octanol–water partition coefficient (Wildman–Crippen LogP) is 3.85. The summed E-state index contributed by atoms with van der Waals surface area (Å²) in [4.78, 5) is 11.0. The molecule has 0 aliphatic heterocycles. The first-order valence-electron chi connectivity index (χ1n) is 4.64. The third-order valence-corrected chi connectivity index (χ3v) is 2.32. The second-order valence-corrected chi connectivity index (χ2v) is 3.66. The van der Waals surface area contributed by atoms with Crippen molar-refractivity contribution in [2.75, 3.05) is 0 Å². The van der Waals surface area contributed by atoms with Crippen LogP contribution < -0.4 is 0 Å². The van der Waals surface area contributed by atoms with Crippen LogP contribution in [0, 0.1) is 6.92 Å². The minimum atomic E-state index is -5.64. The van der Waals surface area contributed by atoms with Crippen molar-refractivity contribution in [3.05, 3.63) is 34.9 Å². The number of alkyl halides is 5. The lowest BCUT2D eigenvalue weighted by Crippen LogP contribution is -2.33. The van der Waals surface area contributed by atoms with Gasteiger partial charge in [0.1, 0.15) is 0 Å². The van der Waals surface area contributed by atoms with Gasteiger partial charge >= 0.3 is 12.1 Å². The van der Waals surface area contributed by atoms with Crippen LogP contribution >= 0.6 is 0 Å². The molecule has 17 heavy (non-hydrogen) atoms. The van der Waals surface area contributed by atoms with Gasteiger partial charge in [0, 0.05) is 11.1 Å². The number of aryl methyl sites for hydroxylation is 1. The highest BCUT2D eigenvalue weighted by Crippen LogP contribution is 2.44. The molecule has 0 amide bonds. The van der Waals surface area contributed by atoms with E-state index in [0.29, 0.717) is 12.1 Å². The fraction of sp³-hybridized carbons (Fsp3) is 0.364. The largest absolute Gasteiger partial charge is 0.458 e. The Hall–Kier alpha value is -1.46. The molecule has 6 heteroatoms. The fourth-order valence-electron chi connectivity index (χ4n) is 1.42. The van der Waals surface area contributed by atoms with Crippen molar-refractivity contribution in [1.82, 2.24) is 0 Å². The molecule has 94 valence electrons. The van der Waals surface area contributed by atoms with E-state index in [9.17, 15) is 26.7 Å². The highest BCUT2D eigenvalue weighted by atomic mass is 19.4. The second-order valence-electron chi connectivity index (χ2n) is 3.66. The Morgan fingerprint density at radius 1 is 1.12 bits per heavy atom. The number of carbonyl (C=O) groups excluding carboxylic acids is 1. The van der Waals surface area contributed by atoms with Crippen LogP contribution in [0.25, 0.3) is 0 Å². The number of rotatable bonds is 2. The SMILES string of the molecule is CC(=O)c1ccc(C(F)(F)C(F)(F)F)cc1C.